The Morgan fingerprint density at radius 2 is 1.52 bits per heavy atom. The van der Waals surface area contributed by atoms with Crippen LogP contribution < -0.4 is 15.4 Å². The molecule has 130 valence electrons. The summed E-state index contributed by atoms with van der Waals surface area (Å²) in [5.74, 6) is -0.678. The van der Waals surface area contributed by atoms with Crippen LogP contribution in [0.4, 0.5) is 5.69 Å². The number of hydrogen-bond acceptors (Lipinski definition) is 5. The van der Waals surface area contributed by atoms with Crippen molar-refractivity contribution in [2.24, 2.45) is 0 Å². The van der Waals surface area contributed by atoms with Crippen LogP contribution in [-0.2, 0) is 9.53 Å². The van der Waals surface area contributed by atoms with Crippen LogP contribution in [0.5, 0.6) is 5.75 Å². The van der Waals surface area contributed by atoms with Crippen molar-refractivity contribution in [2.45, 2.75) is 0 Å². The van der Waals surface area contributed by atoms with Crippen molar-refractivity contribution in [1.29, 1.82) is 0 Å². The summed E-state index contributed by atoms with van der Waals surface area (Å²) in [6.07, 6.45) is 0. The van der Waals surface area contributed by atoms with Gasteiger partial charge in [-0.3, -0.25) is 9.59 Å². The zero-order valence-electron chi connectivity index (χ0n) is 13.9. The molecule has 7 nitrogen and oxygen atoms in total. The summed E-state index contributed by atoms with van der Waals surface area (Å²) in [7, 11) is 3.06. The molecule has 0 fully saturated rings. The van der Waals surface area contributed by atoms with Crippen LogP contribution in [0.25, 0.3) is 0 Å². The van der Waals surface area contributed by atoms with Crippen molar-refractivity contribution in [2.75, 3.05) is 26.1 Å². The van der Waals surface area contributed by atoms with E-state index < -0.39 is 18.5 Å². The number of rotatable bonds is 6. The van der Waals surface area contributed by atoms with Gasteiger partial charge < -0.3 is 20.1 Å². The molecule has 0 heterocycles. The van der Waals surface area contributed by atoms with Gasteiger partial charge in [-0.05, 0) is 48.5 Å². The average molecular weight is 342 g/mol. The van der Waals surface area contributed by atoms with Crippen LogP contribution in [0, 0.1) is 0 Å². The Hall–Kier alpha value is -3.35. The number of benzene rings is 2. The first kappa shape index (κ1) is 18.0. The van der Waals surface area contributed by atoms with Crippen LogP contribution in [0.1, 0.15) is 20.7 Å². The Kier molecular flexibility index (Phi) is 6.11. The maximum atomic E-state index is 11.9. The molecule has 0 unspecified atom stereocenters. The summed E-state index contributed by atoms with van der Waals surface area (Å²) in [5, 5.41) is 5.09. The molecule has 2 aromatic carbocycles. The fraction of sp³-hybridized carbons (Fsp3) is 0.167. The highest BCUT2D eigenvalue weighted by Crippen LogP contribution is 2.12. The highest BCUT2D eigenvalue weighted by Gasteiger charge is 2.11. The molecular formula is C18H18N2O5. The topological polar surface area (TPSA) is 93.7 Å². The van der Waals surface area contributed by atoms with Gasteiger partial charge in [0.1, 0.15) is 5.75 Å². The highest BCUT2D eigenvalue weighted by atomic mass is 16.5. The Bertz CT molecular complexity index is 754. The van der Waals surface area contributed by atoms with E-state index in [1.54, 1.807) is 48.5 Å². The van der Waals surface area contributed by atoms with Crippen molar-refractivity contribution in [3.63, 3.8) is 0 Å². The SMILES string of the molecule is CNC(=O)c1ccc(NC(=O)COC(=O)c2ccc(OC)cc2)cc1. The van der Waals surface area contributed by atoms with Gasteiger partial charge in [0.2, 0.25) is 0 Å². The molecule has 0 atom stereocenters. The molecule has 0 spiro atoms. The number of amides is 2. The Labute approximate surface area is 144 Å². The lowest BCUT2D eigenvalue weighted by Crippen LogP contribution is -2.21. The van der Waals surface area contributed by atoms with Crippen LogP contribution in [0.15, 0.2) is 48.5 Å². The van der Waals surface area contributed by atoms with E-state index >= 15 is 0 Å². The quantitative estimate of drug-likeness (QED) is 0.782. The smallest absolute Gasteiger partial charge is 0.338 e. The van der Waals surface area contributed by atoms with E-state index in [0.717, 1.165) is 0 Å². The Morgan fingerprint density at radius 1 is 0.920 bits per heavy atom. The number of esters is 1. The maximum absolute atomic E-state index is 11.9. The lowest BCUT2D eigenvalue weighted by atomic mass is 10.2. The number of nitrogens with one attached hydrogen (secondary N) is 2. The first-order chi connectivity index (χ1) is 12.0. The molecule has 2 rings (SSSR count). The number of carbonyl (C=O) groups is 3. The van der Waals surface area contributed by atoms with E-state index in [2.05, 4.69) is 10.6 Å². The van der Waals surface area contributed by atoms with E-state index in [0.29, 0.717) is 22.6 Å². The first-order valence-corrected chi connectivity index (χ1v) is 7.46. The lowest BCUT2D eigenvalue weighted by Gasteiger charge is -2.08. The zero-order chi connectivity index (χ0) is 18.2. The molecule has 2 N–H and O–H groups in total. The largest absolute Gasteiger partial charge is 0.497 e. The lowest BCUT2D eigenvalue weighted by molar-refractivity contribution is -0.119. The summed E-state index contributed by atoms with van der Waals surface area (Å²) in [6.45, 7) is -0.415. The molecule has 2 amide bonds. The second kappa shape index (κ2) is 8.49. The molecule has 0 bridgehead atoms. The summed E-state index contributed by atoms with van der Waals surface area (Å²) in [6, 6.07) is 12.7. The van der Waals surface area contributed by atoms with E-state index in [1.807, 2.05) is 0 Å². The highest BCUT2D eigenvalue weighted by molar-refractivity contribution is 5.97. The second-order valence-electron chi connectivity index (χ2n) is 5.01. The number of carbonyl (C=O) groups excluding carboxylic acids is 3. The van der Waals surface area contributed by atoms with Crippen LogP contribution in [-0.4, -0.2) is 38.5 Å². The molecule has 25 heavy (non-hydrogen) atoms. The third-order valence-corrected chi connectivity index (χ3v) is 3.32. The standard InChI is InChI=1S/C18H18N2O5/c1-19-17(22)12-3-7-14(8-4-12)20-16(21)11-25-18(23)13-5-9-15(24-2)10-6-13/h3-10H,11H2,1-2H3,(H,19,22)(H,20,21). The van der Waals surface area contributed by atoms with Gasteiger partial charge in [-0.2, -0.15) is 0 Å². The third-order valence-electron chi connectivity index (χ3n) is 3.32. The van der Waals surface area contributed by atoms with Crippen molar-refractivity contribution in [3.8, 4) is 5.75 Å². The molecule has 0 aliphatic carbocycles. The Morgan fingerprint density at radius 3 is 2.08 bits per heavy atom. The van der Waals surface area contributed by atoms with Crippen molar-refractivity contribution in [1.82, 2.24) is 5.32 Å². The molecular weight excluding hydrogens is 324 g/mol. The second-order valence-corrected chi connectivity index (χ2v) is 5.01. The first-order valence-electron chi connectivity index (χ1n) is 7.46. The molecule has 0 aliphatic rings. The van der Waals surface area contributed by atoms with Gasteiger partial charge in [0, 0.05) is 18.3 Å². The van der Waals surface area contributed by atoms with Gasteiger partial charge in [-0.25, -0.2) is 4.79 Å². The predicted molar refractivity (Wildman–Crippen MR) is 91.7 cm³/mol. The van der Waals surface area contributed by atoms with Crippen LogP contribution in [0.2, 0.25) is 0 Å². The summed E-state index contributed by atoms with van der Waals surface area (Å²) in [4.78, 5) is 35.1. The molecule has 0 aromatic heterocycles. The van der Waals surface area contributed by atoms with Gasteiger partial charge in [0.15, 0.2) is 6.61 Å². The average Bonchev–Trinajstić information content (AvgIpc) is 2.66. The van der Waals surface area contributed by atoms with Crippen molar-refractivity contribution >= 4 is 23.5 Å². The fourth-order valence-electron chi connectivity index (χ4n) is 1.99. The van der Waals surface area contributed by atoms with Crippen LogP contribution >= 0.6 is 0 Å². The number of hydrogen-bond donors (Lipinski definition) is 2. The fourth-order valence-corrected chi connectivity index (χ4v) is 1.99. The van der Waals surface area contributed by atoms with E-state index in [1.165, 1.54) is 14.2 Å². The number of ether oxygens (including phenoxy) is 2. The van der Waals surface area contributed by atoms with Crippen molar-refractivity contribution < 1.29 is 23.9 Å². The summed E-state index contributed by atoms with van der Waals surface area (Å²) >= 11 is 0. The predicted octanol–water partition coefficient (Wildman–Crippen LogP) is 1.85. The van der Waals surface area contributed by atoms with Gasteiger partial charge >= 0.3 is 5.97 Å². The summed E-state index contributed by atoms with van der Waals surface area (Å²) in [5.41, 5.74) is 1.30. The van der Waals surface area contributed by atoms with Gasteiger partial charge in [0.25, 0.3) is 11.8 Å². The van der Waals surface area contributed by atoms with Gasteiger partial charge in [-0.1, -0.05) is 0 Å². The van der Waals surface area contributed by atoms with Crippen molar-refractivity contribution in [3.05, 3.63) is 59.7 Å². The normalized spacial score (nSPS) is 9.84. The van der Waals surface area contributed by atoms with Gasteiger partial charge in [0.05, 0.1) is 12.7 Å². The Balaban J connectivity index is 1.85. The zero-order valence-corrected chi connectivity index (χ0v) is 13.9. The maximum Gasteiger partial charge on any atom is 0.338 e. The van der Waals surface area contributed by atoms with E-state index in [9.17, 15) is 14.4 Å². The monoisotopic (exact) mass is 342 g/mol. The minimum Gasteiger partial charge on any atom is -0.497 e. The van der Waals surface area contributed by atoms with Crippen LogP contribution in [0.3, 0.4) is 0 Å². The molecule has 0 radical (unpaired) electrons. The summed E-state index contributed by atoms with van der Waals surface area (Å²) < 4.78 is 9.96. The minimum atomic E-state index is -0.604. The van der Waals surface area contributed by atoms with E-state index in [-0.39, 0.29) is 5.91 Å². The minimum absolute atomic E-state index is 0.216. The molecule has 0 aliphatic heterocycles. The molecule has 2 aromatic rings. The third kappa shape index (κ3) is 5.07. The van der Waals surface area contributed by atoms with Gasteiger partial charge in [-0.15, -0.1) is 0 Å². The number of methoxy groups -OCH3 is 1. The number of anilines is 1. The molecule has 0 saturated heterocycles. The molecule has 7 heteroatoms. The molecule has 0 saturated carbocycles. The van der Waals surface area contributed by atoms with E-state index in [4.69, 9.17) is 9.47 Å².